The number of alkyl halides is 3. The van der Waals surface area contributed by atoms with Crippen molar-refractivity contribution in [2.75, 3.05) is 7.11 Å². The highest BCUT2D eigenvalue weighted by Gasteiger charge is 2.49. The maximum Gasteiger partial charge on any atom is 0.534 e. The van der Waals surface area contributed by atoms with Gasteiger partial charge in [0.1, 0.15) is 12.0 Å². The van der Waals surface area contributed by atoms with E-state index >= 15 is 0 Å². The van der Waals surface area contributed by atoms with Gasteiger partial charge in [-0.1, -0.05) is 17.7 Å². The number of methoxy groups -OCH3 is 1. The van der Waals surface area contributed by atoms with Crippen molar-refractivity contribution >= 4 is 65.4 Å². The zero-order valence-electron chi connectivity index (χ0n) is 14.5. The van der Waals surface area contributed by atoms with Crippen LogP contribution in [0.5, 0.6) is 17.2 Å². The molecule has 29 heavy (non-hydrogen) atoms. The molecule has 0 bridgehead atoms. The van der Waals surface area contributed by atoms with Gasteiger partial charge in [0.05, 0.1) is 7.11 Å². The van der Waals surface area contributed by atoms with Gasteiger partial charge in [-0.3, -0.25) is 0 Å². The van der Waals surface area contributed by atoms with Crippen LogP contribution in [-0.4, -0.2) is 29.5 Å². The molecule has 0 saturated heterocycles. The lowest BCUT2D eigenvalue weighted by Gasteiger charge is -2.17. The minimum atomic E-state index is -6.00. The van der Waals surface area contributed by atoms with Crippen molar-refractivity contribution in [1.82, 2.24) is 0 Å². The molecule has 0 aromatic heterocycles. The van der Waals surface area contributed by atoms with Gasteiger partial charge in [-0.05, 0) is 64.2 Å². The normalized spacial score (nSPS) is 12.5. The van der Waals surface area contributed by atoms with Crippen LogP contribution in [-0.2, 0) is 20.2 Å². The fraction of sp³-hybridized carbons (Fsp3) is 0.200. The van der Waals surface area contributed by atoms with E-state index in [1.54, 1.807) is 29.5 Å². The molecule has 14 heteroatoms. The van der Waals surface area contributed by atoms with Crippen molar-refractivity contribution in [2.45, 2.75) is 17.3 Å². The Kier molecular flexibility index (Phi) is 7.21. The predicted molar refractivity (Wildman–Crippen MR) is 113 cm³/mol. The molecule has 0 aliphatic carbocycles. The second-order valence-electron chi connectivity index (χ2n) is 5.37. The fourth-order valence-electron chi connectivity index (χ4n) is 1.90. The van der Waals surface area contributed by atoms with E-state index in [-0.39, 0.29) is 17.8 Å². The summed E-state index contributed by atoms with van der Waals surface area (Å²) in [5.41, 5.74) is -4.89. The maximum absolute atomic E-state index is 12.7. The van der Waals surface area contributed by atoms with Crippen molar-refractivity contribution in [3.05, 3.63) is 43.0 Å². The summed E-state index contributed by atoms with van der Waals surface area (Å²) in [7, 11) is -9.20. The summed E-state index contributed by atoms with van der Waals surface area (Å²) in [6.45, 7) is 1.74. The molecule has 2 aromatic rings. The van der Waals surface area contributed by atoms with Crippen molar-refractivity contribution in [2.24, 2.45) is 0 Å². The van der Waals surface area contributed by atoms with Crippen LogP contribution in [0, 0.1) is 14.1 Å². The molecule has 0 radical (unpaired) electrons. The second-order valence-corrected chi connectivity index (χ2v) is 10.6. The van der Waals surface area contributed by atoms with Gasteiger partial charge < -0.3 is 13.1 Å². The Bertz CT molecular complexity index is 1130. The summed E-state index contributed by atoms with van der Waals surface area (Å²) in [6, 6.07) is 6.36. The van der Waals surface area contributed by atoms with E-state index in [0.717, 1.165) is 11.6 Å². The standard InChI is InChI=1S/C15H11F3I2O7S2/c1-8-3-5-9(6-4-8)28(21,22)26-10-7-11(13(20)14(25-2)12(10)19)27-29(23,24)15(16,17)18/h3-7H,1-2H3. The van der Waals surface area contributed by atoms with Gasteiger partial charge in [-0.15, -0.1) is 0 Å². The minimum Gasteiger partial charge on any atom is -0.494 e. The van der Waals surface area contributed by atoms with Crippen LogP contribution in [0.15, 0.2) is 35.2 Å². The average Bonchev–Trinajstić information content (AvgIpc) is 2.58. The highest BCUT2D eigenvalue weighted by Crippen LogP contribution is 2.43. The first-order valence-corrected chi connectivity index (χ1v) is 12.2. The molecular weight excluding hydrogens is 667 g/mol. The summed E-state index contributed by atoms with van der Waals surface area (Å²) in [5.74, 6) is -1.37. The molecule has 0 spiro atoms. The highest BCUT2D eigenvalue weighted by atomic mass is 127. The first kappa shape index (κ1) is 24.3. The van der Waals surface area contributed by atoms with E-state index in [4.69, 9.17) is 8.92 Å². The Morgan fingerprint density at radius 2 is 1.38 bits per heavy atom. The smallest absolute Gasteiger partial charge is 0.494 e. The van der Waals surface area contributed by atoms with Crippen molar-refractivity contribution < 1.29 is 43.1 Å². The van der Waals surface area contributed by atoms with Gasteiger partial charge in [0.15, 0.2) is 17.2 Å². The number of hydrogen-bond donors (Lipinski definition) is 0. The number of hydrogen-bond acceptors (Lipinski definition) is 7. The topological polar surface area (TPSA) is 96.0 Å². The zero-order chi connectivity index (χ0) is 22.2. The molecule has 7 nitrogen and oxygen atoms in total. The molecule has 0 amide bonds. The third-order valence-electron chi connectivity index (χ3n) is 3.29. The predicted octanol–water partition coefficient (Wildman–Crippen LogP) is 4.21. The van der Waals surface area contributed by atoms with Gasteiger partial charge in [0.25, 0.3) is 0 Å². The summed E-state index contributed by atoms with van der Waals surface area (Å²) in [6.07, 6.45) is 0. The quantitative estimate of drug-likeness (QED) is 0.257. The third-order valence-corrected chi connectivity index (χ3v) is 7.55. The fourth-order valence-corrected chi connectivity index (χ4v) is 5.63. The van der Waals surface area contributed by atoms with Crippen LogP contribution in [0.25, 0.3) is 0 Å². The van der Waals surface area contributed by atoms with E-state index in [1.165, 1.54) is 54.0 Å². The van der Waals surface area contributed by atoms with E-state index < -0.39 is 37.2 Å². The maximum atomic E-state index is 12.7. The Labute approximate surface area is 192 Å². The van der Waals surface area contributed by atoms with Crippen molar-refractivity contribution in [3.8, 4) is 17.2 Å². The van der Waals surface area contributed by atoms with E-state index in [2.05, 4.69) is 4.18 Å². The molecule has 160 valence electrons. The van der Waals surface area contributed by atoms with Crippen LogP contribution in [0.4, 0.5) is 13.2 Å². The SMILES string of the molecule is COc1c(I)c(OS(=O)(=O)c2ccc(C)cc2)cc(OS(=O)(=O)C(F)(F)F)c1I. The van der Waals surface area contributed by atoms with E-state index in [1.807, 2.05) is 0 Å². The Morgan fingerprint density at radius 1 is 0.897 bits per heavy atom. The molecule has 0 aliphatic rings. The Hall–Kier alpha value is -1.01. The van der Waals surface area contributed by atoms with Gasteiger partial charge in [0.2, 0.25) is 0 Å². The number of aryl methyl sites for hydroxylation is 1. The van der Waals surface area contributed by atoms with Gasteiger partial charge in [-0.25, -0.2) is 0 Å². The minimum absolute atomic E-state index is 0.0851. The van der Waals surface area contributed by atoms with E-state index in [0.29, 0.717) is 0 Å². The Morgan fingerprint density at radius 3 is 1.83 bits per heavy atom. The molecule has 0 aliphatic heterocycles. The molecule has 0 heterocycles. The molecule has 2 rings (SSSR count). The second kappa shape index (κ2) is 8.62. The summed E-state index contributed by atoms with van der Waals surface area (Å²) in [5, 5.41) is 0. The van der Waals surface area contributed by atoms with E-state index in [9.17, 15) is 30.0 Å². The molecular formula is C15H11F3I2O7S2. The van der Waals surface area contributed by atoms with Crippen molar-refractivity contribution in [3.63, 3.8) is 0 Å². The first-order chi connectivity index (χ1) is 13.2. The van der Waals surface area contributed by atoms with Gasteiger partial charge in [-0.2, -0.15) is 30.0 Å². The monoisotopic (exact) mass is 678 g/mol. The number of halogens is 5. The average molecular weight is 678 g/mol. The highest BCUT2D eigenvalue weighted by molar-refractivity contribution is 14.1. The molecule has 0 unspecified atom stereocenters. The van der Waals surface area contributed by atoms with Gasteiger partial charge in [0, 0.05) is 6.07 Å². The molecule has 0 fully saturated rings. The first-order valence-electron chi connectivity index (χ1n) is 7.27. The van der Waals surface area contributed by atoms with Crippen molar-refractivity contribution in [1.29, 1.82) is 0 Å². The summed E-state index contributed by atoms with van der Waals surface area (Å²) in [4.78, 5) is -0.207. The van der Waals surface area contributed by atoms with Crippen LogP contribution in [0.3, 0.4) is 0 Å². The van der Waals surface area contributed by atoms with Crippen LogP contribution >= 0.6 is 45.2 Å². The van der Waals surface area contributed by atoms with Crippen LogP contribution in [0.2, 0.25) is 0 Å². The Balaban J connectivity index is 2.57. The van der Waals surface area contributed by atoms with Crippen LogP contribution in [0.1, 0.15) is 5.56 Å². The van der Waals surface area contributed by atoms with Crippen LogP contribution < -0.4 is 13.1 Å². The molecule has 0 saturated carbocycles. The summed E-state index contributed by atoms with van der Waals surface area (Å²) >= 11 is 3.17. The number of ether oxygens (including phenoxy) is 1. The molecule has 2 aromatic carbocycles. The van der Waals surface area contributed by atoms with Gasteiger partial charge >= 0.3 is 25.7 Å². The third kappa shape index (κ3) is 5.38. The lowest BCUT2D eigenvalue weighted by atomic mass is 10.2. The number of benzene rings is 2. The molecule has 0 atom stereocenters. The lowest BCUT2D eigenvalue weighted by molar-refractivity contribution is -0.0500. The largest absolute Gasteiger partial charge is 0.534 e. The lowest BCUT2D eigenvalue weighted by Crippen LogP contribution is -2.28. The zero-order valence-corrected chi connectivity index (χ0v) is 20.4. The summed E-state index contributed by atoms with van der Waals surface area (Å²) < 4.78 is 99.9. The number of rotatable bonds is 6. The molecule has 0 N–H and O–H groups in total.